The van der Waals surface area contributed by atoms with E-state index < -0.39 is 0 Å². The molecule has 1 fully saturated rings. The minimum Gasteiger partial charge on any atom is -0.383 e. The molecule has 1 atom stereocenters. The largest absolute Gasteiger partial charge is 0.383 e. The maximum absolute atomic E-state index is 5.89. The minimum atomic E-state index is 0.252. The molecular formula is C11H20N6. The van der Waals surface area contributed by atoms with Crippen LogP contribution in [-0.2, 0) is 6.42 Å². The van der Waals surface area contributed by atoms with Crippen molar-refractivity contribution in [2.24, 2.45) is 0 Å². The van der Waals surface area contributed by atoms with E-state index in [9.17, 15) is 0 Å². The van der Waals surface area contributed by atoms with Gasteiger partial charge in [0.25, 0.3) is 0 Å². The van der Waals surface area contributed by atoms with E-state index in [-0.39, 0.29) is 5.95 Å². The number of nitrogens with zero attached hydrogens (tertiary/aromatic N) is 3. The third-order valence-electron chi connectivity index (χ3n) is 3.28. The van der Waals surface area contributed by atoms with Gasteiger partial charge in [0.2, 0.25) is 5.95 Å². The molecule has 0 amide bonds. The summed E-state index contributed by atoms with van der Waals surface area (Å²) in [6, 6.07) is 0.511. The maximum atomic E-state index is 5.89. The topological polar surface area (TPSA) is 93.1 Å². The van der Waals surface area contributed by atoms with Gasteiger partial charge < -0.3 is 21.7 Å². The molecule has 6 nitrogen and oxygen atoms in total. The summed E-state index contributed by atoms with van der Waals surface area (Å²) >= 11 is 0. The first kappa shape index (κ1) is 11.9. The minimum absolute atomic E-state index is 0.252. The molecule has 2 rings (SSSR count). The van der Waals surface area contributed by atoms with Crippen LogP contribution in [0.4, 0.5) is 17.6 Å². The van der Waals surface area contributed by atoms with Crippen LogP contribution < -0.4 is 21.7 Å². The van der Waals surface area contributed by atoms with Crippen molar-refractivity contribution < 1.29 is 0 Å². The van der Waals surface area contributed by atoms with Crippen LogP contribution in [0.5, 0.6) is 0 Å². The third kappa shape index (κ3) is 2.26. The predicted molar refractivity (Wildman–Crippen MR) is 69.9 cm³/mol. The Morgan fingerprint density at radius 2 is 2.18 bits per heavy atom. The fourth-order valence-electron chi connectivity index (χ4n) is 2.30. The summed E-state index contributed by atoms with van der Waals surface area (Å²) in [5.41, 5.74) is 12.6. The number of rotatable bonds is 3. The van der Waals surface area contributed by atoms with Gasteiger partial charge in [0, 0.05) is 24.7 Å². The van der Waals surface area contributed by atoms with Crippen molar-refractivity contribution >= 4 is 17.6 Å². The summed E-state index contributed by atoms with van der Waals surface area (Å²) in [7, 11) is 1.98. The number of hydrogen-bond acceptors (Lipinski definition) is 6. The summed E-state index contributed by atoms with van der Waals surface area (Å²) < 4.78 is 0. The van der Waals surface area contributed by atoms with Gasteiger partial charge in [0.15, 0.2) is 0 Å². The second-order valence-electron chi connectivity index (χ2n) is 4.34. The van der Waals surface area contributed by atoms with Gasteiger partial charge in [0.1, 0.15) is 11.6 Å². The first-order valence-electron chi connectivity index (χ1n) is 5.99. The van der Waals surface area contributed by atoms with Gasteiger partial charge in [-0.2, -0.15) is 9.97 Å². The molecule has 1 aliphatic heterocycles. The highest BCUT2D eigenvalue weighted by Gasteiger charge is 2.25. The van der Waals surface area contributed by atoms with Crippen molar-refractivity contribution in [3.8, 4) is 0 Å². The molecule has 0 aromatic carbocycles. The Bertz CT molecular complexity index is 405. The van der Waals surface area contributed by atoms with Gasteiger partial charge in [-0.05, 0) is 19.9 Å². The van der Waals surface area contributed by atoms with Crippen LogP contribution >= 0.6 is 0 Å². The first-order chi connectivity index (χ1) is 8.15. The Morgan fingerprint density at radius 3 is 2.76 bits per heavy atom. The molecule has 5 N–H and O–H groups in total. The zero-order valence-corrected chi connectivity index (χ0v) is 10.4. The first-order valence-corrected chi connectivity index (χ1v) is 5.99. The second-order valence-corrected chi connectivity index (χ2v) is 4.34. The van der Waals surface area contributed by atoms with Gasteiger partial charge >= 0.3 is 0 Å². The Kier molecular flexibility index (Phi) is 3.33. The number of nitrogen functional groups attached to an aromatic ring is 2. The summed E-state index contributed by atoms with van der Waals surface area (Å²) in [4.78, 5) is 10.6. The SMILES string of the molecule is CCc1c(N)nc(N)nc1N1CCC(NC)C1. The Balaban J connectivity index is 2.31. The fourth-order valence-corrected chi connectivity index (χ4v) is 2.30. The van der Waals surface area contributed by atoms with Gasteiger partial charge in [-0.1, -0.05) is 6.92 Å². The number of hydrogen-bond donors (Lipinski definition) is 3. The summed E-state index contributed by atoms with van der Waals surface area (Å²) in [6.07, 6.45) is 1.94. The average Bonchev–Trinajstić information content (AvgIpc) is 2.76. The normalized spacial score (nSPS) is 19.9. The molecule has 2 heterocycles. The van der Waals surface area contributed by atoms with Crippen molar-refractivity contribution in [2.45, 2.75) is 25.8 Å². The van der Waals surface area contributed by atoms with Crippen molar-refractivity contribution in [3.05, 3.63) is 5.56 Å². The van der Waals surface area contributed by atoms with Crippen molar-refractivity contribution in [1.29, 1.82) is 0 Å². The molecule has 17 heavy (non-hydrogen) atoms. The average molecular weight is 236 g/mol. The smallest absolute Gasteiger partial charge is 0.223 e. The molecule has 0 bridgehead atoms. The zero-order valence-electron chi connectivity index (χ0n) is 10.4. The lowest BCUT2D eigenvalue weighted by Crippen LogP contribution is -2.30. The van der Waals surface area contributed by atoms with E-state index in [4.69, 9.17) is 11.5 Å². The molecule has 1 aliphatic rings. The quantitative estimate of drug-likeness (QED) is 0.684. The van der Waals surface area contributed by atoms with Gasteiger partial charge in [-0.25, -0.2) is 0 Å². The molecule has 0 spiro atoms. The lowest BCUT2D eigenvalue weighted by Gasteiger charge is -2.21. The van der Waals surface area contributed by atoms with Crippen molar-refractivity contribution in [3.63, 3.8) is 0 Å². The van der Waals surface area contributed by atoms with E-state index in [0.29, 0.717) is 11.9 Å². The standard InChI is InChI=1S/C11H20N6/c1-3-8-9(12)15-11(13)16-10(8)17-5-4-7(6-17)14-2/h7,14H,3-6H2,1-2H3,(H4,12,13,15,16). The third-order valence-corrected chi connectivity index (χ3v) is 3.28. The fraction of sp³-hybridized carbons (Fsp3) is 0.636. The summed E-state index contributed by atoms with van der Waals surface area (Å²) in [5.74, 6) is 1.65. The molecule has 1 aromatic rings. The zero-order chi connectivity index (χ0) is 12.4. The Morgan fingerprint density at radius 1 is 1.41 bits per heavy atom. The van der Waals surface area contributed by atoms with E-state index in [2.05, 4.69) is 27.1 Å². The molecule has 6 heteroatoms. The van der Waals surface area contributed by atoms with E-state index in [1.807, 2.05) is 7.05 Å². The molecule has 0 saturated carbocycles. The number of likely N-dealkylation sites (N-methyl/N-ethyl adjacent to an activating group) is 1. The number of anilines is 3. The van der Waals surface area contributed by atoms with Gasteiger partial charge in [-0.15, -0.1) is 0 Å². The summed E-state index contributed by atoms with van der Waals surface area (Å²) in [6.45, 7) is 3.98. The Hall–Kier alpha value is -1.56. The number of aromatic nitrogens is 2. The highest BCUT2D eigenvalue weighted by molar-refractivity contribution is 5.60. The number of nitrogens with two attached hydrogens (primary N) is 2. The van der Waals surface area contributed by atoms with Gasteiger partial charge in [0.05, 0.1) is 0 Å². The number of nitrogens with one attached hydrogen (secondary N) is 1. The maximum Gasteiger partial charge on any atom is 0.223 e. The van der Waals surface area contributed by atoms with Crippen molar-refractivity contribution in [1.82, 2.24) is 15.3 Å². The van der Waals surface area contributed by atoms with Crippen LogP contribution in [-0.4, -0.2) is 36.1 Å². The van der Waals surface area contributed by atoms with Crippen LogP contribution in [0.25, 0.3) is 0 Å². The molecule has 1 unspecified atom stereocenters. The lowest BCUT2D eigenvalue weighted by atomic mass is 10.2. The molecule has 0 aliphatic carbocycles. The van der Waals surface area contributed by atoms with E-state index in [1.54, 1.807) is 0 Å². The van der Waals surface area contributed by atoms with E-state index >= 15 is 0 Å². The molecule has 1 saturated heterocycles. The highest BCUT2D eigenvalue weighted by Crippen LogP contribution is 2.26. The predicted octanol–water partition coefficient (Wildman–Crippen LogP) is 0.00150. The van der Waals surface area contributed by atoms with E-state index in [1.165, 1.54) is 0 Å². The van der Waals surface area contributed by atoms with Crippen LogP contribution in [0.2, 0.25) is 0 Å². The monoisotopic (exact) mass is 236 g/mol. The molecule has 1 aromatic heterocycles. The summed E-state index contributed by atoms with van der Waals surface area (Å²) in [5, 5.41) is 3.28. The molecule has 94 valence electrons. The molecular weight excluding hydrogens is 216 g/mol. The van der Waals surface area contributed by atoms with Gasteiger partial charge in [-0.3, -0.25) is 0 Å². The molecule has 0 radical (unpaired) electrons. The lowest BCUT2D eigenvalue weighted by molar-refractivity contribution is 0.616. The van der Waals surface area contributed by atoms with Crippen molar-refractivity contribution in [2.75, 3.05) is 36.5 Å². The van der Waals surface area contributed by atoms with Crippen LogP contribution in [0.3, 0.4) is 0 Å². The second kappa shape index (κ2) is 4.75. The van der Waals surface area contributed by atoms with Crippen LogP contribution in [0.15, 0.2) is 0 Å². The Labute approximate surface area is 101 Å². The van der Waals surface area contributed by atoms with E-state index in [0.717, 1.165) is 37.3 Å². The highest BCUT2D eigenvalue weighted by atomic mass is 15.3. The van der Waals surface area contributed by atoms with Crippen LogP contribution in [0, 0.1) is 0 Å². The van der Waals surface area contributed by atoms with Crippen LogP contribution in [0.1, 0.15) is 18.9 Å².